The van der Waals surface area contributed by atoms with Gasteiger partial charge in [-0.3, -0.25) is 0 Å². The van der Waals surface area contributed by atoms with Crippen LogP contribution < -0.4 is 4.65 Å². The lowest BCUT2D eigenvalue weighted by molar-refractivity contribution is 0.0690. The number of carboxylic acids is 1. The van der Waals surface area contributed by atoms with E-state index in [1.165, 1.54) is 6.42 Å². The fourth-order valence-electron chi connectivity index (χ4n) is 4.20. The van der Waals surface area contributed by atoms with E-state index in [2.05, 4.69) is 18.9 Å². The van der Waals surface area contributed by atoms with E-state index in [4.69, 9.17) is 4.65 Å². The van der Waals surface area contributed by atoms with Crippen LogP contribution in [0.3, 0.4) is 0 Å². The van der Waals surface area contributed by atoms with Crippen molar-refractivity contribution in [1.82, 2.24) is 4.90 Å². The third-order valence-electron chi connectivity index (χ3n) is 5.64. The number of hydrogen-bond acceptors (Lipinski definition) is 5. The zero-order valence-electron chi connectivity index (χ0n) is 13.9. The van der Waals surface area contributed by atoms with Gasteiger partial charge in [-0.2, -0.15) is 0 Å². The van der Waals surface area contributed by atoms with E-state index in [0.29, 0.717) is 17.0 Å². The average Bonchev–Trinajstić information content (AvgIpc) is 3.22. The van der Waals surface area contributed by atoms with Crippen molar-refractivity contribution in [2.75, 3.05) is 13.6 Å². The van der Waals surface area contributed by atoms with Crippen LogP contribution in [0.15, 0.2) is 17.0 Å². The van der Waals surface area contributed by atoms with Gasteiger partial charge in [0, 0.05) is 22.0 Å². The third kappa shape index (κ3) is 2.63. The highest BCUT2D eigenvalue weighted by Gasteiger charge is 2.54. The average molecular weight is 347 g/mol. The van der Waals surface area contributed by atoms with Crippen LogP contribution in [0.4, 0.5) is 0 Å². The van der Waals surface area contributed by atoms with E-state index in [9.17, 15) is 14.9 Å². The molecule has 2 aliphatic heterocycles. The van der Waals surface area contributed by atoms with Crippen LogP contribution in [0.25, 0.3) is 0 Å². The Labute approximate surface area is 146 Å². The molecule has 128 valence electrons. The lowest BCUT2D eigenvalue weighted by Crippen LogP contribution is -2.33. The molecule has 2 N–H and O–H groups in total. The minimum absolute atomic E-state index is 0.128. The molecule has 3 aliphatic rings. The third-order valence-corrected chi connectivity index (χ3v) is 6.92. The Hall–Kier alpha value is -1.18. The van der Waals surface area contributed by atoms with Crippen LogP contribution >= 0.6 is 11.8 Å². The lowest BCUT2D eigenvalue weighted by atomic mass is 9.77. The molecular weight excluding hydrogens is 325 g/mol. The molecular formula is C17H22BNO4S. The highest BCUT2D eigenvalue weighted by molar-refractivity contribution is 8.00. The fourth-order valence-corrected chi connectivity index (χ4v) is 5.55. The van der Waals surface area contributed by atoms with Crippen molar-refractivity contribution < 1.29 is 19.6 Å². The van der Waals surface area contributed by atoms with Crippen molar-refractivity contribution in [3.8, 4) is 5.75 Å². The van der Waals surface area contributed by atoms with Gasteiger partial charge in [0.05, 0.1) is 0 Å². The molecule has 24 heavy (non-hydrogen) atoms. The molecule has 0 radical (unpaired) electrons. The molecule has 4 unspecified atom stereocenters. The molecule has 2 heterocycles. The standard InChI is InChI=1S/C17H22BNO4S/c1-9(13-4-3-7-19(13)2)24-14-6-5-10-11-8-12(11)18(22)23-16(10)15(14)17(20)21/h5-6,9,11-13,22H,3-4,7-8H2,1-2H3,(H,20,21). The summed E-state index contributed by atoms with van der Waals surface area (Å²) in [7, 11) is 1.26. The second kappa shape index (κ2) is 5.97. The largest absolute Gasteiger partial charge is 0.535 e. The molecule has 4 rings (SSSR count). The maximum atomic E-state index is 11.9. The van der Waals surface area contributed by atoms with Crippen molar-refractivity contribution in [2.45, 2.75) is 54.1 Å². The maximum absolute atomic E-state index is 11.9. The number of hydrogen-bond donors (Lipinski definition) is 2. The monoisotopic (exact) mass is 347 g/mol. The number of likely N-dealkylation sites (tertiary alicyclic amines) is 1. The Bertz CT molecular complexity index is 685. The predicted molar refractivity (Wildman–Crippen MR) is 94.1 cm³/mol. The van der Waals surface area contributed by atoms with Gasteiger partial charge < -0.3 is 19.7 Å². The summed E-state index contributed by atoms with van der Waals surface area (Å²) in [4.78, 5) is 15.0. The number of nitrogens with zero attached hydrogens (tertiary/aromatic N) is 1. The Morgan fingerprint density at radius 2 is 2.29 bits per heavy atom. The summed E-state index contributed by atoms with van der Waals surface area (Å²) in [5.41, 5.74) is 1.16. The van der Waals surface area contributed by atoms with E-state index in [1.54, 1.807) is 11.8 Å². The molecule has 0 bridgehead atoms. The molecule has 0 spiro atoms. The van der Waals surface area contributed by atoms with Crippen LogP contribution in [0.1, 0.15) is 48.0 Å². The molecule has 1 aliphatic carbocycles. The van der Waals surface area contributed by atoms with E-state index in [1.807, 2.05) is 12.1 Å². The van der Waals surface area contributed by atoms with Crippen LogP contribution in [0, 0.1) is 0 Å². The molecule has 1 saturated heterocycles. The van der Waals surface area contributed by atoms with E-state index in [0.717, 1.165) is 29.8 Å². The normalized spacial score (nSPS) is 29.6. The summed E-state index contributed by atoms with van der Waals surface area (Å²) in [6.07, 6.45) is 3.22. The van der Waals surface area contributed by atoms with E-state index >= 15 is 0 Å². The number of aromatic carboxylic acids is 1. The SMILES string of the molecule is CC(Sc1ccc2c(c1C(=O)O)OB(O)C1CC21)C1CCCN1C. The zero-order chi connectivity index (χ0) is 17.0. The summed E-state index contributed by atoms with van der Waals surface area (Å²) in [5.74, 6) is -0.221. The second-order valence-electron chi connectivity index (χ2n) is 7.19. The van der Waals surface area contributed by atoms with Gasteiger partial charge >= 0.3 is 13.1 Å². The highest BCUT2D eigenvalue weighted by Crippen LogP contribution is 2.60. The number of thioether (sulfide) groups is 1. The first-order chi connectivity index (χ1) is 11.5. The summed E-state index contributed by atoms with van der Waals surface area (Å²) in [6, 6.07) is 4.38. The van der Waals surface area contributed by atoms with E-state index < -0.39 is 13.1 Å². The van der Waals surface area contributed by atoms with Crippen LogP contribution in [0.5, 0.6) is 5.75 Å². The number of benzene rings is 1. The van der Waals surface area contributed by atoms with Crippen molar-refractivity contribution in [2.24, 2.45) is 0 Å². The minimum Gasteiger partial charge on any atom is -0.535 e. The summed E-state index contributed by atoms with van der Waals surface area (Å²) in [5, 5.41) is 20.1. The summed E-state index contributed by atoms with van der Waals surface area (Å²) < 4.78 is 5.60. The van der Waals surface area contributed by atoms with Gasteiger partial charge in [-0.15, -0.1) is 11.8 Å². The van der Waals surface area contributed by atoms with E-state index in [-0.39, 0.29) is 17.3 Å². The Morgan fingerprint density at radius 1 is 1.50 bits per heavy atom. The van der Waals surface area contributed by atoms with Gasteiger partial charge in [0.25, 0.3) is 0 Å². The molecule has 1 saturated carbocycles. The molecule has 1 aromatic rings. The summed E-state index contributed by atoms with van der Waals surface area (Å²) >= 11 is 1.60. The van der Waals surface area contributed by atoms with Gasteiger partial charge in [-0.05, 0) is 50.4 Å². The first-order valence-corrected chi connectivity index (χ1v) is 9.47. The number of rotatable bonds is 4. The molecule has 4 atom stereocenters. The lowest BCUT2D eigenvalue weighted by Gasteiger charge is -2.27. The number of carboxylic acid groups (broad SMARTS) is 1. The molecule has 5 nitrogen and oxygen atoms in total. The number of fused-ring (bicyclic) bond motifs is 3. The van der Waals surface area contributed by atoms with Crippen molar-refractivity contribution in [1.29, 1.82) is 0 Å². The highest BCUT2D eigenvalue weighted by atomic mass is 32.2. The minimum atomic E-state index is -0.979. The Morgan fingerprint density at radius 3 is 2.96 bits per heavy atom. The molecule has 7 heteroatoms. The zero-order valence-corrected chi connectivity index (χ0v) is 14.8. The molecule has 0 aromatic heterocycles. The fraction of sp³-hybridized carbons (Fsp3) is 0.588. The molecule has 0 amide bonds. The van der Waals surface area contributed by atoms with Crippen molar-refractivity contribution in [3.63, 3.8) is 0 Å². The number of carbonyl (C=O) groups is 1. The first-order valence-electron chi connectivity index (χ1n) is 8.59. The molecule has 1 aromatic carbocycles. The van der Waals surface area contributed by atoms with Crippen LogP contribution in [0.2, 0.25) is 5.82 Å². The van der Waals surface area contributed by atoms with Crippen LogP contribution in [-0.2, 0) is 0 Å². The van der Waals surface area contributed by atoms with Gasteiger partial charge in [0.15, 0.2) is 0 Å². The van der Waals surface area contributed by atoms with Gasteiger partial charge in [0.2, 0.25) is 0 Å². The predicted octanol–water partition coefficient (Wildman–Crippen LogP) is 2.69. The van der Waals surface area contributed by atoms with Gasteiger partial charge in [0.1, 0.15) is 11.3 Å². The van der Waals surface area contributed by atoms with Crippen molar-refractivity contribution in [3.05, 3.63) is 23.3 Å². The van der Waals surface area contributed by atoms with Crippen molar-refractivity contribution >= 4 is 24.8 Å². The summed E-state index contributed by atoms with van der Waals surface area (Å²) in [6.45, 7) is 3.26. The smallest absolute Gasteiger partial charge is 0.526 e. The second-order valence-corrected chi connectivity index (χ2v) is 8.61. The molecule has 2 fully saturated rings. The van der Waals surface area contributed by atoms with Gasteiger partial charge in [-0.25, -0.2) is 4.79 Å². The Balaban J connectivity index is 1.66. The maximum Gasteiger partial charge on any atom is 0.526 e. The first kappa shape index (κ1) is 16.3. The Kier molecular flexibility index (Phi) is 4.05. The quantitative estimate of drug-likeness (QED) is 0.645. The van der Waals surface area contributed by atoms with Gasteiger partial charge in [-0.1, -0.05) is 13.0 Å². The van der Waals surface area contributed by atoms with Crippen LogP contribution in [-0.4, -0.2) is 53.0 Å². The topological polar surface area (TPSA) is 70.0 Å².